The summed E-state index contributed by atoms with van der Waals surface area (Å²) in [5, 5.41) is 1.10. The number of aromatic nitrogens is 1. The Labute approximate surface area is 129 Å². The van der Waals surface area contributed by atoms with Crippen LogP contribution >= 0.6 is 0 Å². The first-order valence-electron chi connectivity index (χ1n) is 7.47. The highest BCUT2D eigenvalue weighted by atomic mass is 16.5. The number of aldehydes is 1. The van der Waals surface area contributed by atoms with Crippen LogP contribution in [0.2, 0.25) is 0 Å². The number of aryl methyl sites for hydroxylation is 1. The zero-order chi connectivity index (χ0) is 15.5. The van der Waals surface area contributed by atoms with Gasteiger partial charge in [-0.15, -0.1) is 0 Å². The van der Waals surface area contributed by atoms with Crippen molar-refractivity contribution in [2.75, 3.05) is 7.11 Å². The second-order valence-electron chi connectivity index (χ2n) is 5.35. The van der Waals surface area contributed by atoms with Crippen LogP contribution in [0.3, 0.4) is 0 Å². The summed E-state index contributed by atoms with van der Waals surface area (Å²) >= 11 is 0. The molecule has 0 bridgehead atoms. The van der Waals surface area contributed by atoms with E-state index in [-0.39, 0.29) is 0 Å². The standard InChI is InChI=1S/C19H19NO2/c1-3-13-4-5-14(8-9-21)17(10-13)19-12-15-11-16(22-2)6-7-18(15)20-19/h4-7,9-12,20H,3,8H2,1-2H3. The van der Waals surface area contributed by atoms with Gasteiger partial charge < -0.3 is 14.5 Å². The molecule has 3 rings (SSSR count). The normalized spacial score (nSPS) is 10.8. The maximum absolute atomic E-state index is 10.9. The molecule has 1 heterocycles. The summed E-state index contributed by atoms with van der Waals surface area (Å²) in [6.07, 6.45) is 2.36. The van der Waals surface area contributed by atoms with E-state index in [4.69, 9.17) is 4.74 Å². The molecule has 0 atom stereocenters. The van der Waals surface area contributed by atoms with Crippen molar-refractivity contribution in [1.29, 1.82) is 0 Å². The maximum Gasteiger partial charge on any atom is 0.124 e. The number of aromatic amines is 1. The molecule has 22 heavy (non-hydrogen) atoms. The number of benzene rings is 2. The molecule has 1 N–H and O–H groups in total. The van der Waals surface area contributed by atoms with Crippen LogP contribution in [0.25, 0.3) is 22.2 Å². The van der Waals surface area contributed by atoms with Gasteiger partial charge in [-0.1, -0.05) is 19.1 Å². The van der Waals surface area contributed by atoms with Gasteiger partial charge in [0, 0.05) is 28.6 Å². The largest absolute Gasteiger partial charge is 0.497 e. The summed E-state index contributed by atoms with van der Waals surface area (Å²) in [5.74, 6) is 0.841. The number of nitrogens with one attached hydrogen (secondary N) is 1. The van der Waals surface area contributed by atoms with E-state index in [1.165, 1.54) is 5.56 Å². The monoisotopic (exact) mass is 293 g/mol. The zero-order valence-corrected chi connectivity index (χ0v) is 12.8. The third-order valence-electron chi connectivity index (χ3n) is 4.00. The number of carbonyl (C=O) groups excluding carboxylic acids is 1. The summed E-state index contributed by atoms with van der Waals surface area (Å²) in [5.41, 5.74) is 5.51. The predicted octanol–water partition coefficient (Wildman–Crippen LogP) is 4.15. The van der Waals surface area contributed by atoms with E-state index < -0.39 is 0 Å². The number of H-pyrrole nitrogens is 1. The predicted molar refractivity (Wildman–Crippen MR) is 89.4 cm³/mol. The highest BCUT2D eigenvalue weighted by molar-refractivity contribution is 5.88. The topological polar surface area (TPSA) is 42.1 Å². The number of rotatable bonds is 5. The highest BCUT2D eigenvalue weighted by Crippen LogP contribution is 2.30. The highest BCUT2D eigenvalue weighted by Gasteiger charge is 2.10. The van der Waals surface area contributed by atoms with Gasteiger partial charge in [-0.05, 0) is 47.9 Å². The second kappa shape index (κ2) is 6.06. The van der Waals surface area contributed by atoms with E-state index in [1.54, 1.807) is 7.11 Å². The molecule has 0 spiro atoms. The minimum atomic E-state index is 0.429. The Morgan fingerprint density at radius 2 is 2.00 bits per heavy atom. The lowest BCUT2D eigenvalue weighted by molar-refractivity contribution is -0.107. The number of carbonyl (C=O) groups is 1. The fraction of sp³-hybridized carbons (Fsp3) is 0.211. The SMILES string of the molecule is CCc1ccc(CC=O)c(-c2cc3cc(OC)ccc3[nH]2)c1. The third kappa shape index (κ3) is 2.62. The lowest BCUT2D eigenvalue weighted by Gasteiger charge is -2.08. The number of hydrogen-bond acceptors (Lipinski definition) is 2. The Balaban J connectivity index is 2.14. The molecule has 0 amide bonds. The van der Waals surface area contributed by atoms with Crippen LogP contribution in [0.4, 0.5) is 0 Å². The van der Waals surface area contributed by atoms with Gasteiger partial charge in [-0.25, -0.2) is 0 Å². The molecule has 0 aliphatic carbocycles. The van der Waals surface area contributed by atoms with Crippen molar-refractivity contribution in [3.8, 4) is 17.0 Å². The van der Waals surface area contributed by atoms with Crippen molar-refractivity contribution < 1.29 is 9.53 Å². The summed E-state index contributed by atoms with van der Waals surface area (Å²) in [7, 11) is 1.67. The summed E-state index contributed by atoms with van der Waals surface area (Å²) in [4.78, 5) is 14.4. The Morgan fingerprint density at radius 3 is 2.73 bits per heavy atom. The molecule has 0 radical (unpaired) electrons. The minimum Gasteiger partial charge on any atom is -0.497 e. The first-order valence-corrected chi connectivity index (χ1v) is 7.47. The summed E-state index contributed by atoms with van der Waals surface area (Å²) in [6, 6.07) is 14.4. The van der Waals surface area contributed by atoms with Crippen LogP contribution in [0.15, 0.2) is 42.5 Å². The van der Waals surface area contributed by atoms with Gasteiger partial charge in [0.1, 0.15) is 12.0 Å². The second-order valence-corrected chi connectivity index (χ2v) is 5.35. The van der Waals surface area contributed by atoms with Crippen LogP contribution in [-0.4, -0.2) is 18.4 Å². The maximum atomic E-state index is 10.9. The first kappa shape index (κ1) is 14.4. The average molecular weight is 293 g/mol. The molecular formula is C19H19NO2. The molecule has 0 aliphatic rings. The van der Waals surface area contributed by atoms with Crippen LogP contribution in [0.1, 0.15) is 18.1 Å². The van der Waals surface area contributed by atoms with E-state index in [1.807, 2.05) is 18.2 Å². The van der Waals surface area contributed by atoms with Crippen molar-refractivity contribution in [3.63, 3.8) is 0 Å². The minimum absolute atomic E-state index is 0.429. The van der Waals surface area contributed by atoms with E-state index >= 15 is 0 Å². The lowest BCUT2D eigenvalue weighted by atomic mass is 9.98. The fourth-order valence-corrected chi connectivity index (χ4v) is 2.74. The van der Waals surface area contributed by atoms with Crippen LogP contribution in [0.5, 0.6) is 5.75 Å². The number of fused-ring (bicyclic) bond motifs is 1. The fourth-order valence-electron chi connectivity index (χ4n) is 2.74. The van der Waals surface area contributed by atoms with Crippen molar-refractivity contribution in [1.82, 2.24) is 4.98 Å². The van der Waals surface area contributed by atoms with Crippen molar-refractivity contribution >= 4 is 17.2 Å². The molecule has 0 saturated heterocycles. The molecule has 3 nitrogen and oxygen atoms in total. The van der Waals surface area contributed by atoms with Crippen molar-refractivity contribution in [3.05, 3.63) is 53.6 Å². The van der Waals surface area contributed by atoms with E-state index in [0.717, 1.165) is 46.2 Å². The Hall–Kier alpha value is -2.55. The van der Waals surface area contributed by atoms with Gasteiger partial charge in [0.05, 0.1) is 7.11 Å². The molecular weight excluding hydrogens is 274 g/mol. The number of hydrogen-bond donors (Lipinski definition) is 1. The van der Waals surface area contributed by atoms with E-state index in [9.17, 15) is 4.79 Å². The quantitative estimate of drug-likeness (QED) is 0.718. The van der Waals surface area contributed by atoms with E-state index in [2.05, 4.69) is 36.2 Å². The van der Waals surface area contributed by atoms with Crippen LogP contribution in [-0.2, 0) is 17.6 Å². The Bertz CT molecular complexity index is 817. The van der Waals surface area contributed by atoms with Gasteiger partial charge in [-0.3, -0.25) is 0 Å². The van der Waals surface area contributed by atoms with Gasteiger partial charge in [0.25, 0.3) is 0 Å². The average Bonchev–Trinajstić information content (AvgIpc) is 2.98. The molecule has 1 aromatic heterocycles. The van der Waals surface area contributed by atoms with Crippen molar-refractivity contribution in [2.45, 2.75) is 19.8 Å². The van der Waals surface area contributed by atoms with Crippen LogP contribution < -0.4 is 4.74 Å². The van der Waals surface area contributed by atoms with Gasteiger partial charge in [-0.2, -0.15) is 0 Å². The molecule has 2 aromatic carbocycles. The summed E-state index contributed by atoms with van der Waals surface area (Å²) < 4.78 is 5.28. The molecule has 0 unspecified atom stereocenters. The molecule has 0 aliphatic heterocycles. The number of ether oxygens (including phenoxy) is 1. The molecule has 3 heteroatoms. The smallest absolute Gasteiger partial charge is 0.124 e. The van der Waals surface area contributed by atoms with Gasteiger partial charge >= 0.3 is 0 Å². The zero-order valence-electron chi connectivity index (χ0n) is 12.8. The third-order valence-corrected chi connectivity index (χ3v) is 4.00. The Kier molecular flexibility index (Phi) is 3.96. The van der Waals surface area contributed by atoms with Gasteiger partial charge in [0.15, 0.2) is 0 Å². The number of methoxy groups -OCH3 is 1. The summed E-state index contributed by atoms with van der Waals surface area (Å²) in [6.45, 7) is 2.13. The van der Waals surface area contributed by atoms with E-state index in [0.29, 0.717) is 6.42 Å². The molecule has 3 aromatic rings. The molecule has 0 saturated carbocycles. The van der Waals surface area contributed by atoms with Crippen molar-refractivity contribution in [2.24, 2.45) is 0 Å². The van der Waals surface area contributed by atoms with Crippen LogP contribution in [0, 0.1) is 0 Å². The molecule has 0 fully saturated rings. The molecule has 112 valence electrons. The Morgan fingerprint density at radius 1 is 1.14 bits per heavy atom. The lowest BCUT2D eigenvalue weighted by Crippen LogP contribution is -1.93. The van der Waals surface area contributed by atoms with Gasteiger partial charge in [0.2, 0.25) is 0 Å². The first-order chi connectivity index (χ1) is 10.7.